The van der Waals surface area contributed by atoms with Gasteiger partial charge in [-0.15, -0.1) is 0 Å². The Morgan fingerprint density at radius 2 is 2.06 bits per heavy atom. The summed E-state index contributed by atoms with van der Waals surface area (Å²) < 4.78 is 5.31. The molecule has 0 unspecified atom stereocenters. The molecule has 0 bridgehead atoms. The summed E-state index contributed by atoms with van der Waals surface area (Å²) in [6, 6.07) is 3.54. The number of amides is 1. The maximum Gasteiger partial charge on any atom is 0.322 e. The third-order valence-electron chi connectivity index (χ3n) is 3.19. The smallest absolute Gasteiger partial charge is 0.322 e. The van der Waals surface area contributed by atoms with Gasteiger partial charge in [0.15, 0.2) is 6.07 Å². The highest BCUT2D eigenvalue weighted by Gasteiger charge is 2.10. The Labute approximate surface area is 108 Å². The number of hydrogen-bond acceptors (Lipinski definition) is 3. The molecule has 18 heavy (non-hydrogen) atoms. The van der Waals surface area contributed by atoms with E-state index in [1.807, 2.05) is 26.8 Å². The summed E-state index contributed by atoms with van der Waals surface area (Å²) >= 11 is 0. The van der Waals surface area contributed by atoms with E-state index < -0.39 is 5.91 Å². The Morgan fingerprint density at radius 3 is 2.61 bits per heavy atom. The lowest BCUT2D eigenvalue weighted by molar-refractivity contribution is -0.115. The van der Waals surface area contributed by atoms with Gasteiger partial charge in [0.1, 0.15) is 5.75 Å². The van der Waals surface area contributed by atoms with E-state index in [-0.39, 0.29) is 0 Å². The first-order chi connectivity index (χ1) is 8.51. The number of benzene rings is 1. The number of methoxy groups -OCH3 is 1. The molecular formula is C14H18N2O2. The predicted molar refractivity (Wildman–Crippen MR) is 69.5 cm³/mol. The van der Waals surface area contributed by atoms with E-state index in [1.54, 1.807) is 13.2 Å². The minimum absolute atomic E-state index is 0.472. The molecular weight excluding hydrogens is 228 g/mol. The molecule has 1 aromatic rings. The molecule has 0 aliphatic carbocycles. The average Bonchev–Trinajstić information content (AvgIpc) is 2.37. The molecule has 0 aliphatic rings. The number of nitriles is 1. The van der Waals surface area contributed by atoms with Crippen molar-refractivity contribution in [1.82, 2.24) is 5.32 Å². The minimum atomic E-state index is -0.587. The lowest BCUT2D eigenvalue weighted by atomic mass is 9.95. The topological polar surface area (TPSA) is 62.1 Å². The number of rotatable bonds is 4. The lowest BCUT2D eigenvalue weighted by Crippen LogP contribution is -2.24. The SMILES string of the molecule is COc1cc(C)c(CCNC(=O)C#N)c(C)c1C. The van der Waals surface area contributed by atoms with Gasteiger partial charge in [0.2, 0.25) is 0 Å². The zero-order valence-corrected chi connectivity index (χ0v) is 11.3. The second kappa shape index (κ2) is 6.06. The molecule has 1 amide bonds. The third kappa shape index (κ3) is 3.01. The molecule has 96 valence electrons. The number of ether oxygens (including phenoxy) is 1. The molecule has 0 saturated heterocycles. The van der Waals surface area contributed by atoms with Crippen molar-refractivity contribution in [3.05, 3.63) is 28.3 Å². The predicted octanol–water partition coefficient (Wildman–Crippen LogP) is 1.80. The first-order valence-electron chi connectivity index (χ1n) is 5.82. The molecule has 0 atom stereocenters. The second-order valence-electron chi connectivity index (χ2n) is 4.24. The fraction of sp³-hybridized carbons (Fsp3) is 0.429. The van der Waals surface area contributed by atoms with Crippen LogP contribution in [-0.4, -0.2) is 19.6 Å². The van der Waals surface area contributed by atoms with Crippen molar-refractivity contribution in [1.29, 1.82) is 5.26 Å². The van der Waals surface area contributed by atoms with Crippen molar-refractivity contribution in [2.24, 2.45) is 0 Å². The Bertz CT molecular complexity index is 501. The summed E-state index contributed by atoms with van der Waals surface area (Å²) in [5, 5.41) is 10.9. The minimum Gasteiger partial charge on any atom is -0.496 e. The van der Waals surface area contributed by atoms with Crippen LogP contribution < -0.4 is 10.1 Å². The van der Waals surface area contributed by atoms with Crippen molar-refractivity contribution in [2.75, 3.05) is 13.7 Å². The Morgan fingerprint density at radius 1 is 1.39 bits per heavy atom. The van der Waals surface area contributed by atoms with Crippen LogP contribution in [0.4, 0.5) is 0 Å². The Hall–Kier alpha value is -2.02. The molecule has 0 radical (unpaired) electrons. The highest BCUT2D eigenvalue weighted by Crippen LogP contribution is 2.27. The molecule has 0 heterocycles. The molecule has 0 aliphatic heterocycles. The van der Waals surface area contributed by atoms with Crippen LogP contribution >= 0.6 is 0 Å². The molecule has 0 aromatic heterocycles. The number of nitrogens with one attached hydrogen (secondary N) is 1. The van der Waals surface area contributed by atoms with E-state index in [0.29, 0.717) is 6.54 Å². The summed E-state index contributed by atoms with van der Waals surface area (Å²) in [7, 11) is 1.66. The van der Waals surface area contributed by atoms with E-state index in [9.17, 15) is 4.79 Å². The van der Waals surface area contributed by atoms with Gasteiger partial charge in [0.05, 0.1) is 7.11 Å². The molecule has 1 rings (SSSR count). The Kier molecular flexibility index (Phi) is 4.73. The molecule has 1 N–H and O–H groups in total. The quantitative estimate of drug-likeness (QED) is 0.824. The average molecular weight is 246 g/mol. The zero-order chi connectivity index (χ0) is 13.7. The van der Waals surface area contributed by atoms with Crippen LogP contribution in [0.1, 0.15) is 22.3 Å². The van der Waals surface area contributed by atoms with E-state index in [0.717, 1.165) is 23.3 Å². The molecule has 0 spiro atoms. The first-order valence-corrected chi connectivity index (χ1v) is 5.82. The number of carbonyl (C=O) groups excluding carboxylic acids is 1. The van der Waals surface area contributed by atoms with Crippen molar-refractivity contribution in [3.63, 3.8) is 0 Å². The van der Waals surface area contributed by atoms with Crippen LogP contribution in [0.25, 0.3) is 0 Å². The molecule has 0 fully saturated rings. The van der Waals surface area contributed by atoms with Crippen LogP contribution in [0.2, 0.25) is 0 Å². The van der Waals surface area contributed by atoms with Crippen molar-refractivity contribution >= 4 is 5.91 Å². The van der Waals surface area contributed by atoms with Crippen molar-refractivity contribution in [3.8, 4) is 11.8 Å². The van der Waals surface area contributed by atoms with Crippen LogP contribution in [0.3, 0.4) is 0 Å². The number of nitrogens with zero attached hydrogens (tertiary/aromatic N) is 1. The first kappa shape index (κ1) is 14.0. The number of aryl methyl sites for hydroxylation is 1. The fourth-order valence-corrected chi connectivity index (χ4v) is 2.04. The number of carbonyl (C=O) groups is 1. The van der Waals surface area contributed by atoms with E-state index >= 15 is 0 Å². The Balaban J connectivity index is 2.87. The normalized spacial score (nSPS) is 9.72. The molecule has 1 aromatic carbocycles. The van der Waals surface area contributed by atoms with E-state index in [2.05, 4.69) is 5.32 Å². The highest BCUT2D eigenvalue weighted by atomic mass is 16.5. The monoisotopic (exact) mass is 246 g/mol. The summed E-state index contributed by atoms with van der Waals surface area (Å²) in [5.74, 6) is 0.297. The van der Waals surface area contributed by atoms with Gasteiger partial charge in [-0.2, -0.15) is 5.26 Å². The van der Waals surface area contributed by atoms with Crippen LogP contribution in [-0.2, 0) is 11.2 Å². The van der Waals surface area contributed by atoms with Crippen LogP contribution in [0, 0.1) is 32.1 Å². The largest absolute Gasteiger partial charge is 0.496 e. The van der Waals surface area contributed by atoms with Crippen molar-refractivity contribution < 1.29 is 9.53 Å². The van der Waals surface area contributed by atoms with E-state index in [1.165, 1.54) is 11.1 Å². The van der Waals surface area contributed by atoms with Gasteiger partial charge in [-0.1, -0.05) is 0 Å². The molecule has 0 saturated carbocycles. The highest BCUT2D eigenvalue weighted by molar-refractivity contribution is 5.91. The van der Waals surface area contributed by atoms with Gasteiger partial charge in [0, 0.05) is 6.54 Å². The summed E-state index contributed by atoms with van der Waals surface area (Å²) in [4.78, 5) is 10.8. The van der Waals surface area contributed by atoms with Gasteiger partial charge in [-0.05, 0) is 55.5 Å². The van der Waals surface area contributed by atoms with Gasteiger partial charge in [-0.3, -0.25) is 4.79 Å². The third-order valence-corrected chi connectivity index (χ3v) is 3.19. The molecule has 4 heteroatoms. The zero-order valence-electron chi connectivity index (χ0n) is 11.3. The van der Waals surface area contributed by atoms with Crippen molar-refractivity contribution in [2.45, 2.75) is 27.2 Å². The van der Waals surface area contributed by atoms with Gasteiger partial charge >= 0.3 is 5.91 Å². The van der Waals surface area contributed by atoms with Gasteiger partial charge in [0.25, 0.3) is 0 Å². The van der Waals surface area contributed by atoms with Gasteiger partial charge in [-0.25, -0.2) is 0 Å². The lowest BCUT2D eigenvalue weighted by Gasteiger charge is -2.15. The summed E-state index contributed by atoms with van der Waals surface area (Å²) in [6.45, 7) is 6.56. The standard InChI is InChI=1S/C14H18N2O2/c1-9-7-13(18-4)11(3)10(2)12(9)5-6-16-14(17)8-15/h7H,5-6H2,1-4H3,(H,16,17). The maximum atomic E-state index is 10.8. The molecule has 4 nitrogen and oxygen atoms in total. The number of hydrogen-bond donors (Lipinski definition) is 1. The summed E-state index contributed by atoms with van der Waals surface area (Å²) in [6.07, 6.45) is 0.718. The van der Waals surface area contributed by atoms with Gasteiger partial charge < -0.3 is 10.1 Å². The van der Waals surface area contributed by atoms with Crippen LogP contribution in [0.5, 0.6) is 5.75 Å². The summed E-state index contributed by atoms with van der Waals surface area (Å²) in [5.41, 5.74) is 4.63. The maximum absolute atomic E-state index is 10.8. The fourth-order valence-electron chi connectivity index (χ4n) is 2.04. The van der Waals surface area contributed by atoms with Crippen LogP contribution in [0.15, 0.2) is 6.07 Å². The second-order valence-corrected chi connectivity index (χ2v) is 4.24. The van der Waals surface area contributed by atoms with E-state index in [4.69, 9.17) is 10.00 Å².